The van der Waals surface area contributed by atoms with E-state index >= 15 is 0 Å². The highest BCUT2D eigenvalue weighted by molar-refractivity contribution is 5.72. The van der Waals surface area contributed by atoms with Crippen molar-refractivity contribution in [3.63, 3.8) is 0 Å². The van der Waals surface area contributed by atoms with Crippen LogP contribution in [0.25, 0.3) is 22.3 Å². The maximum absolute atomic E-state index is 13.6. The molecule has 2 aromatic heterocycles. The predicted molar refractivity (Wildman–Crippen MR) is 259 cm³/mol. The highest BCUT2D eigenvalue weighted by Crippen LogP contribution is 2.46. The molecule has 0 bridgehead atoms. The molecule has 4 aromatic rings. The lowest BCUT2D eigenvalue weighted by atomic mass is 9.75. The number of alkyl halides is 6. The van der Waals surface area contributed by atoms with Crippen molar-refractivity contribution >= 4 is 12.2 Å². The number of carbonyl (C=O) groups is 2. The molecule has 2 amide bonds. The van der Waals surface area contributed by atoms with Crippen molar-refractivity contribution in [2.75, 3.05) is 73.8 Å². The van der Waals surface area contributed by atoms with Crippen LogP contribution in [-0.4, -0.2) is 122 Å². The van der Waals surface area contributed by atoms with Crippen LogP contribution in [0.1, 0.15) is 85.0 Å². The summed E-state index contributed by atoms with van der Waals surface area (Å²) in [6, 6.07) is 11.7. The number of nitrogens with zero attached hydrogens (tertiary/aromatic N) is 4. The van der Waals surface area contributed by atoms with Crippen molar-refractivity contribution in [3.8, 4) is 33.8 Å². The quantitative estimate of drug-likeness (QED) is 0.110. The molecule has 4 aliphatic rings. The van der Waals surface area contributed by atoms with Crippen LogP contribution in [0, 0.1) is 5.41 Å². The number of benzene rings is 2. The third-order valence-corrected chi connectivity index (χ3v) is 12.4. The minimum Gasteiger partial charge on any atom is -0.467 e. The second kappa shape index (κ2) is 22.4. The molecule has 4 fully saturated rings. The van der Waals surface area contributed by atoms with Gasteiger partial charge in [-0.3, -0.25) is 9.59 Å². The van der Waals surface area contributed by atoms with Crippen LogP contribution in [-0.2, 0) is 40.8 Å². The fraction of sp³-hybridized carbons (Fsp3) is 0.538. The number of hydrogen-bond acceptors (Lipinski definition) is 12. The normalized spacial score (nSPS) is 18.9. The Bertz CT molecular complexity index is 2730. The summed E-state index contributed by atoms with van der Waals surface area (Å²) >= 11 is 0. The number of methoxy groups -OCH3 is 2. The third kappa shape index (κ3) is 13.0. The number of halogens is 6. The highest BCUT2D eigenvalue weighted by Gasteiger charge is 2.56. The molecule has 74 heavy (non-hydrogen) atoms. The molecule has 22 heteroatoms. The maximum atomic E-state index is 13.6. The smallest absolute Gasteiger partial charge is 0.416 e. The van der Waals surface area contributed by atoms with E-state index in [4.69, 9.17) is 37.9 Å². The van der Waals surface area contributed by atoms with Gasteiger partial charge in [0.2, 0.25) is 0 Å². The topological polar surface area (TPSA) is 158 Å². The first-order valence-corrected chi connectivity index (χ1v) is 23.9. The average molecular weight is 1050 g/mol. The van der Waals surface area contributed by atoms with Gasteiger partial charge in [-0.25, -0.2) is 9.59 Å². The molecule has 0 aliphatic carbocycles. The van der Waals surface area contributed by atoms with Gasteiger partial charge in [0.25, 0.3) is 11.1 Å². The van der Waals surface area contributed by atoms with Crippen LogP contribution in [0.15, 0.2) is 82.6 Å². The number of hydrogen-bond donors (Lipinski definition) is 0. The van der Waals surface area contributed by atoms with Crippen molar-refractivity contribution < 1.29 is 73.8 Å². The van der Waals surface area contributed by atoms with E-state index < -0.39 is 63.4 Å². The lowest BCUT2D eigenvalue weighted by Crippen LogP contribution is -2.63. The maximum Gasteiger partial charge on any atom is 0.416 e. The van der Waals surface area contributed by atoms with E-state index in [1.165, 1.54) is 41.6 Å². The Morgan fingerprint density at radius 3 is 1.53 bits per heavy atom. The molecule has 4 aliphatic heterocycles. The molecule has 8 rings (SSSR count). The summed E-state index contributed by atoms with van der Waals surface area (Å²) in [5.74, 6) is -0.216. The standard InChI is InChI=1S/2C25H29F3N2O6.C2H6/c1-23(2,3)36-22(32)29-13-24(14-29)11-17(12-35-24)30-9-5-6-19(21(30)31)18-8-7-16(25(26,27)28)10-20(18)34-15-33-4;1-23(2,3)36-22(32)29-12-24(13-29)14-34-11-20(24)30-9-5-6-18(21(30)31)17-8-7-16(25(26,27)28)10-19(17)35-15-33-4;1-2/h5-10,17H,11-15H2,1-4H3;5-10,20H,11-15H2,1-4H3;1-2H3. The third-order valence-electron chi connectivity index (χ3n) is 12.4. The molecule has 0 N–H and O–H groups in total. The van der Waals surface area contributed by atoms with Gasteiger partial charge >= 0.3 is 24.5 Å². The van der Waals surface area contributed by atoms with E-state index in [9.17, 15) is 45.5 Å². The van der Waals surface area contributed by atoms with Gasteiger partial charge in [-0.1, -0.05) is 13.8 Å². The lowest BCUT2D eigenvalue weighted by molar-refractivity contribution is -0.138. The fourth-order valence-corrected chi connectivity index (χ4v) is 9.11. The van der Waals surface area contributed by atoms with Crippen molar-refractivity contribution in [1.29, 1.82) is 0 Å². The number of pyridine rings is 2. The Labute approximate surface area is 424 Å². The first kappa shape index (κ1) is 57.2. The average Bonchev–Trinajstić information content (AvgIpc) is 3.95. The highest BCUT2D eigenvalue weighted by atomic mass is 19.4. The van der Waals surface area contributed by atoms with Crippen LogP contribution < -0.4 is 20.6 Å². The van der Waals surface area contributed by atoms with Crippen molar-refractivity contribution in [3.05, 3.63) is 105 Å². The molecule has 2 unspecified atom stereocenters. The van der Waals surface area contributed by atoms with Gasteiger partial charge in [-0.05, 0) is 102 Å². The minimum atomic E-state index is -4.57. The summed E-state index contributed by atoms with van der Waals surface area (Å²) in [5, 5.41) is 0. The van der Waals surface area contributed by atoms with Gasteiger partial charge in [0, 0.05) is 57.3 Å². The zero-order chi connectivity index (χ0) is 54.6. The second-order valence-corrected chi connectivity index (χ2v) is 20.2. The minimum absolute atomic E-state index is 0.104. The van der Waals surface area contributed by atoms with Gasteiger partial charge in [-0.15, -0.1) is 0 Å². The Kier molecular flexibility index (Phi) is 17.3. The van der Waals surface area contributed by atoms with Crippen LogP contribution >= 0.6 is 0 Å². The molecule has 2 spiro atoms. The van der Waals surface area contributed by atoms with E-state index in [2.05, 4.69) is 0 Å². The van der Waals surface area contributed by atoms with Crippen molar-refractivity contribution in [2.24, 2.45) is 5.41 Å². The molecular weight excluding hydrogens is 987 g/mol. The van der Waals surface area contributed by atoms with E-state index in [1.54, 1.807) is 81.9 Å². The number of amides is 2. The largest absolute Gasteiger partial charge is 0.467 e. The molecule has 2 aromatic carbocycles. The van der Waals surface area contributed by atoms with Gasteiger partial charge in [0.05, 0.1) is 72.7 Å². The lowest BCUT2D eigenvalue weighted by Gasteiger charge is -2.50. The summed E-state index contributed by atoms with van der Waals surface area (Å²) in [6.07, 6.45) is -6.21. The summed E-state index contributed by atoms with van der Waals surface area (Å²) in [5.41, 5.74) is -3.98. The Balaban J connectivity index is 0.000000233. The van der Waals surface area contributed by atoms with Gasteiger partial charge in [0.15, 0.2) is 13.6 Å². The molecule has 0 saturated carbocycles. The zero-order valence-electron chi connectivity index (χ0n) is 43.1. The molecule has 406 valence electrons. The van der Waals surface area contributed by atoms with E-state index in [0.29, 0.717) is 39.2 Å². The Morgan fingerprint density at radius 1 is 0.635 bits per heavy atom. The van der Waals surface area contributed by atoms with Crippen molar-refractivity contribution in [1.82, 2.24) is 18.9 Å². The summed E-state index contributed by atoms with van der Waals surface area (Å²) < 4.78 is 126. The monoisotopic (exact) mass is 1050 g/mol. The molecule has 0 radical (unpaired) electrons. The van der Waals surface area contributed by atoms with Crippen molar-refractivity contribution in [2.45, 2.75) is 103 Å². The summed E-state index contributed by atoms with van der Waals surface area (Å²) in [7, 11) is 2.70. The zero-order valence-corrected chi connectivity index (χ0v) is 43.1. The SMILES string of the molecule is CC.COCOc1cc(C(F)(F)F)ccc1-c1cccn(C2COC3(C2)CN(C(=O)OC(C)(C)C)C3)c1=O.COCOc1cc(C(F)(F)F)ccc1-c1cccn(C2COCC23CN(C(=O)OC(C)(C)C)C3)c1=O. The van der Waals surface area contributed by atoms with Crippen LogP contribution in [0.2, 0.25) is 0 Å². The number of rotatable bonds is 10. The molecule has 4 saturated heterocycles. The van der Waals surface area contributed by atoms with E-state index in [0.717, 1.165) is 24.3 Å². The fourth-order valence-electron chi connectivity index (χ4n) is 9.11. The van der Waals surface area contributed by atoms with Gasteiger partial charge in [0.1, 0.15) is 28.3 Å². The number of likely N-dealkylation sites (tertiary alicyclic amines) is 2. The summed E-state index contributed by atoms with van der Waals surface area (Å²) in [4.78, 5) is 54.9. The van der Waals surface area contributed by atoms with E-state index in [-0.39, 0.29) is 78.2 Å². The van der Waals surface area contributed by atoms with Gasteiger partial charge in [-0.2, -0.15) is 26.3 Å². The van der Waals surface area contributed by atoms with Crippen LogP contribution in [0.5, 0.6) is 11.5 Å². The second-order valence-electron chi connectivity index (χ2n) is 20.2. The van der Waals surface area contributed by atoms with Gasteiger partial charge < -0.3 is 56.8 Å². The number of carbonyl (C=O) groups excluding carboxylic acids is 2. The first-order chi connectivity index (χ1) is 34.7. The van der Waals surface area contributed by atoms with Crippen LogP contribution in [0.4, 0.5) is 35.9 Å². The molecule has 2 atom stereocenters. The Hall–Kier alpha value is -6.10. The summed E-state index contributed by atoms with van der Waals surface area (Å²) in [6.45, 7) is 16.6. The molecule has 6 heterocycles. The first-order valence-electron chi connectivity index (χ1n) is 23.9. The molecular formula is C52H64F6N4O12. The Morgan fingerprint density at radius 2 is 1.08 bits per heavy atom. The van der Waals surface area contributed by atoms with Crippen LogP contribution in [0.3, 0.4) is 0 Å². The molecule has 16 nitrogen and oxygen atoms in total. The van der Waals surface area contributed by atoms with E-state index in [1.807, 2.05) is 13.8 Å². The number of ether oxygens (including phenoxy) is 8. The number of aromatic nitrogens is 2. The predicted octanol–water partition coefficient (Wildman–Crippen LogP) is 9.82.